The number of methoxy groups -OCH3 is 1. The molecule has 0 aliphatic heterocycles. The average molecular weight is 448 g/mol. The minimum atomic E-state index is -0.522. The van der Waals surface area contributed by atoms with Crippen LogP contribution in [-0.2, 0) is 4.79 Å². The Morgan fingerprint density at radius 1 is 0.909 bits per heavy atom. The van der Waals surface area contributed by atoms with Gasteiger partial charge in [-0.15, -0.1) is 0 Å². The highest BCUT2D eigenvalue weighted by Crippen LogP contribution is 2.29. The lowest BCUT2D eigenvalue weighted by Crippen LogP contribution is -2.24. The highest BCUT2D eigenvalue weighted by atomic mass is 16.6. The normalized spacial score (nSPS) is 10.5. The zero-order chi connectivity index (χ0) is 23.5. The Balaban J connectivity index is 1.60. The van der Waals surface area contributed by atoms with Gasteiger partial charge in [0.1, 0.15) is 11.5 Å². The van der Waals surface area contributed by atoms with Crippen molar-refractivity contribution in [1.82, 2.24) is 5.43 Å². The van der Waals surface area contributed by atoms with E-state index in [2.05, 4.69) is 10.5 Å². The van der Waals surface area contributed by atoms with E-state index in [0.717, 1.165) is 0 Å². The van der Waals surface area contributed by atoms with Crippen molar-refractivity contribution < 1.29 is 28.5 Å². The summed E-state index contributed by atoms with van der Waals surface area (Å²) in [6, 6.07) is 20.6. The quantitative estimate of drug-likeness (QED) is 0.219. The monoisotopic (exact) mass is 448 g/mol. The average Bonchev–Trinajstić information content (AvgIpc) is 2.85. The van der Waals surface area contributed by atoms with Gasteiger partial charge in [-0.05, 0) is 67.1 Å². The molecule has 170 valence electrons. The van der Waals surface area contributed by atoms with Gasteiger partial charge in [0.25, 0.3) is 5.91 Å². The van der Waals surface area contributed by atoms with Crippen LogP contribution in [0.3, 0.4) is 0 Å². The summed E-state index contributed by atoms with van der Waals surface area (Å²) in [5.41, 5.74) is 3.42. The first-order chi connectivity index (χ1) is 16.1. The molecule has 0 unspecified atom stereocenters. The fraction of sp³-hybridized carbons (Fsp3) is 0.160. The molecule has 1 amide bonds. The van der Waals surface area contributed by atoms with Crippen molar-refractivity contribution in [2.45, 2.75) is 6.92 Å². The summed E-state index contributed by atoms with van der Waals surface area (Å²) in [5, 5.41) is 3.93. The van der Waals surface area contributed by atoms with Crippen molar-refractivity contribution in [3.05, 3.63) is 83.9 Å². The number of nitrogens with zero attached hydrogens (tertiary/aromatic N) is 1. The predicted octanol–water partition coefficient (Wildman–Crippen LogP) is 3.84. The van der Waals surface area contributed by atoms with Crippen molar-refractivity contribution in [2.75, 3.05) is 20.3 Å². The summed E-state index contributed by atoms with van der Waals surface area (Å²) in [5.74, 6) is 0.967. The van der Waals surface area contributed by atoms with Gasteiger partial charge < -0.3 is 18.9 Å². The van der Waals surface area contributed by atoms with Gasteiger partial charge in [0.05, 0.1) is 25.5 Å². The van der Waals surface area contributed by atoms with Gasteiger partial charge in [-0.25, -0.2) is 10.2 Å². The second-order valence-electron chi connectivity index (χ2n) is 6.65. The number of hydrazone groups is 1. The molecule has 0 aromatic heterocycles. The second kappa shape index (κ2) is 11.9. The van der Waals surface area contributed by atoms with Gasteiger partial charge in [0.2, 0.25) is 0 Å². The largest absolute Gasteiger partial charge is 0.497 e. The van der Waals surface area contributed by atoms with Gasteiger partial charge in [0.15, 0.2) is 18.1 Å². The third-order valence-corrected chi connectivity index (χ3v) is 4.31. The summed E-state index contributed by atoms with van der Waals surface area (Å²) in [6.07, 6.45) is 1.46. The Bertz CT molecular complexity index is 1100. The maximum absolute atomic E-state index is 12.5. The van der Waals surface area contributed by atoms with Crippen LogP contribution in [0.1, 0.15) is 22.8 Å². The van der Waals surface area contributed by atoms with Crippen LogP contribution in [0.5, 0.6) is 23.0 Å². The molecule has 3 rings (SSSR count). The van der Waals surface area contributed by atoms with Gasteiger partial charge in [0, 0.05) is 0 Å². The Labute approximate surface area is 191 Å². The molecule has 0 heterocycles. The third-order valence-electron chi connectivity index (χ3n) is 4.31. The lowest BCUT2D eigenvalue weighted by molar-refractivity contribution is -0.123. The molecule has 0 saturated carbocycles. The first-order valence-electron chi connectivity index (χ1n) is 10.2. The summed E-state index contributed by atoms with van der Waals surface area (Å²) in [7, 11) is 1.55. The highest BCUT2D eigenvalue weighted by Gasteiger charge is 2.13. The Morgan fingerprint density at radius 2 is 1.67 bits per heavy atom. The van der Waals surface area contributed by atoms with E-state index in [1.807, 2.05) is 25.1 Å². The van der Waals surface area contributed by atoms with Crippen LogP contribution in [0, 0.1) is 0 Å². The van der Waals surface area contributed by atoms with Gasteiger partial charge in [-0.1, -0.05) is 18.2 Å². The molecule has 0 atom stereocenters. The molecule has 0 saturated heterocycles. The SMILES string of the molecule is CCOc1cc(/C=N\NC(=O)COc2ccccc2)ccc1OC(=O)c1ccc(OC)cc1. The molecule has 0 spiro atoms. The van der Waals surface area contributed by atoms with E-state index < -0.39 is 11.9 Å². The minimum Gasteiger partial charge on any atom is -0.497 e. The number of nitrogens with one attached hydrogen (secondary N) is 1. The molecular formula is C25H24N2O6. The molecule has 8 nitrogen and oxygen atoms in total. The fourth-order valence-electron chi connectivity index (χ4n) is 2.72. The molecule has 0 aliphatic rings. The number of para-hydroxylation sites is 1. The van der Waals surface area contributed by atoms with E-state index >= 15 is 0 Å². The zero-order valence-corrected chi connectivity index (χ0v) is 18.3. The maximum Gasteiger partial charge on any atom is 0.343 e. The molecule has 1 N–H and O–H groups in total. The molecular weight excluding hydrogens is 424 g/mol. The van der Waals surface area contributed by atoms with Crippen molar-refractivity contribution in [3.63, 3.8) is 0 Å². The number of ether oxygens (including phenoxy) is 4. The Kier molecular flexibility index (Phi) is 8.41. The lowest BCUT2D eigenvalue weighted by atomic mass is 10.2. The van der Waals surface area contributed by atoms with Gasteiger partial charge >= 0.3 is 5.97 Å². The fourth-order valence-corrected chi connectivity index (χ4v) is 2.72. The van der Waals surface area contributed by atoms with E-state index in [4.69, 9.17) is 18.9 Å². The van der Waals surface area contributed by atoms with E-state index in [1.165, 1.54) is 6.21 Å². The summed E-state index contributed by atoms with van der Waals surface area (Å²) in [4.78, 5) is 24.3. The number of carbonyl (C=O) groups is 2. The molecule has 8 heteroatoms. The first kappa shape index (κ1) is 23.3. The second-order valence-corrected chi connectivity index (χ2v) is 6.65. The zero-order valence-electron chi connectivity index (χ0n) is 18.3. The Hall–Kier alpha value is -4.33. The van der Waals surface area contributed by atoms with Crippen LogP contribution in [0.2, 0.25) is 0 Å². The molecule has 3 aromatic carbocycles. The molecule has 33 heavy (non-hydrogen) atoms. The van der Waals surface area contributed by atoms with Crippen molar-refractivity contribution in [2.24, 2.45) is 5.10 Å². The van der Waals surface area contributed by atoms with Crippen LogP contribution in [0.25, 0.3) is 0 Å². The number of hydrogen-bond acceptors (Lipinski definition) is 7. The molecule has 0 aliphatic carbocycles. The number of benzene rings is 3. The number of hydrogen-bond donors (Lipinski definition) is 1. The van der Waals surface area contributed by atoms with Gasteiger partial charge in [-0.3, -0.25) is 4.79 Å². The molecule has 0 radical (unpaired) electrons. The molecule has 3 aromatic rings. The van der Waals surface area contributed by atoms with E-state index in [0.29, 0.717) is 35.0 Å². The molecule has 0 bridgehead atoms. The van der Waals surface area contributed by atoms with E-state index in [1.54, 1.807) is 61.7 Å². The van der Waals surface area contributed by atoms with Crippen LogP contribution in [-0.4, -0.2) is 38.4 Å². The predicted molar refractivity (Wildman–Crippen MR) is 123 cm³/mol. The van der Waals surface area contributed by atoms with Crippen molar-refractivity contribution >= 4 is 18.1 Å². The minimum absolute atomic E-state index is 0.161. The number of carbonyl (C=O) groups excluding carboxylic acids is 2. The summed E-state index contributed by atoms with van der Waals surface area (Å²) >= 11 is 0. The van der Waals surface area contributed by atoms with Crippen LogP contribution >= 0.6 is 0 Å². The summed E-state index contributed by atoms with van der Waals surface area (Å²) in [6.45, 7) is 2.04. The molecule has 0 fully saturated rings. The number of rotatable bonds is 10. The number of amides is 1. The topological polar surface area (TPSA) is 95.5 Å². The lowest BCUT2D eigenvalue weighted by Gasteiger charge is -2.11. The van der Waals surface area contributed by atoms with Crippen LogP contribution in [0.15, 0.2) is 77.9 Å². The maximum atomic E-state index is 12.5. The standard InChI is InChI=1S/C25H24N2O6/c1-3-31-23-15-18(16-26-27-24(28)17-32-21-7-5-4-6-8-21)9-14-22(23)33-25(29)19-10-12-20(30-2)13-11-19/h4-16H,3,17H2,1-2H3,(H,27,28)/b26-16-. The summed E-state index contributed by atoms with van der Waals surface area (Å²) < 4.78 is 21.6. The van der Waals surface area contributed by atoms with E-state index in [-0.39, 0.29) is 12.4 Å². The smallest absolute Gasteiger partial charge is 0.343 e. The van der Waals surface area contributed by atoms with E-state index in [9.17, 15) is 9.59 Å². The highest BCUT2D eigenvalue weighted by molar-refractivity contribution is 5.92. The van der Waals surface area contributed by atoms with Crippen LogP contribution in [0.4, 0.5) is 0 Å². The van der Waals surface area contributed by atoms with Crippen LogP contribution < -0.4 is 24.4 Å². The first-order valence-corrected chi connectivity index (χ1v) is 10.2. The van der Waals surface area contributed by atoms with Crippen molar-refractivity contribution in [1.29, 1.82) is 0 Å². The van der Waals surface area contributed by atoms with Gasteiger partial charge in [-0.2, -0.15) is 5.10 Å². The van der Waals surface area contributed by atoms with Crippen molar-refractivity contribution in [3.8, 4) is 23.0 Å². The Morgan fingerprint density at radius 3 is 2.36 bits per heavy atom. The third kappa shape index (κ3) is 7.10. The number of esters is 1.